The summed E-state index contributed by atoms with van der Waals surface area (Å²) in [7, 11) is -3.35. The van der Waals surface area contributed by atoms with Crippen LogP contribution in [0.15, 0.2) is 53.4 Å². The third-order valence-corrected chi connectivity index (χ3v) is 7.12. The fourth-order valence-electron chi connectivity index (χ4n) is 3.57. The summed E-state index contributed by atoms with van der Waals surface area (Å²) in [6.45, 7) is 1.53. The van der Waals surface area contributed by atoms with Crippen LogP contribution in [0.1, 0.15) is 42.9 Å². The molecule has 0 aromatic heterocycles. The van der Waals surface area contributed by atoms with Gasteiger partial charge in [0, 0.05) is 5.69 Å². The van der Waals surface area contributed by atoms with Crippen molar-refractivity contribution in [2.24, 2.45) is 0 Å². The molecule has 2 aromatic carbocycles. The standard InChI is InChI=1S/C23H24F3NO4S/c1-2-32(30,31)19-10-3-15(4-11-19)13-22(29)27-17-7-12-20(21(14-17)23(24,25)26)16-5-8-18(28)9-6-16/h3-5,7,10-12,14,18,28H,2,6,8-9,13H2,1H3,(H,27,29). The summed E-state index contributed by atoms with van der Waals surface area (Å²) in [5.74, 6) is -0.557. The number of anilines is 1. The van der Waals surface area contributed by atoms with Gasteiger partial charge >= 0.3 is 6.18 Å². The highest BCUT2D eigenvalue weighted by Crippen LogP contribution is 2.39. The maximum Gasteiger partial charge on any atom is 0.417 e. The number of aliphatic hydroxyl groups is 1. The molecule has 1 atom stereocenters. The third-order valence-electron chi connectivity index (χ3n) is 5.37. The molecular formula is C23H24F3NO4S. The molecule has 0 spiro atoms. The number of hydrogen-bond acceptors (Lipinski definition) is 4. The molecule has 9 heteroatoms. The van der Waals surface area contributed by atoms with Gasteiger partial charge in [0.05, 0.1) is 28.7 Å². The molecule has 3 rings (SSSR count). The molecule has 0 saturated heterocycles. The Hall–Kier alpha value is -2.65. The minimum absolute atomic E-state index is 0.0210. The lowest BCUT2D eigenvalue weighted by molar-refractivity contribution is -0.137. The molecule has 1 aliphatic carbocycles. The number of amides is 1. The van der Waals surface area contributed by atoms with E-state index in [2.05, 4.69) is 5.32 Å². The predicted molar refractivity (Wildman–Crippen MR) is 116 cm³/mol. The zero-order valence-corrected chi connectivity index (χ0v) is 18.3. The average molecular weight is 468 g/mol. The number of hydrogen-bond donors (Lipinski definition) is 2. The normalized spacial score (nSPS) is 17.0. The Labute approximate surface area is 184 Å². The molecule has 0 fully saturated rings. The van der Waals surface area contributed by atoms with E-state index in [1.54, 1.807) is 6.08 Å². The van der Waals surface area contributed by atoms with Crippen LogP contribution in [0.25, 0.3) is 5.57 Å². The molecule has 32 heavy (non-hydrogen) atoms. The van der Waals surface area contributed by atoms with Gasteiger partial charge in [-0.2, -0.15) is 13.2 Å². The Kier molecular flexibility index (Phi) is 7.09. The van der Waals surface area contributed by atoms with Crippen molar-refractivity contribution in [1.29, 1.82) is 0 Å². The molecule has 2 N–H and O–H groups in total. The zero-order chi connectivity index (χ0) is 23.5. The van der Waals surface area contributed by atoms with Crippen molar-refractivity contribution >= 4 is 27.0 Å². The van der Waals surface area contributed by atoms with Crippen LogP contribution in [0.5, 0.6) is 0 Å². The Morgan fingerprint density at radius 1 is 1.16 bits per heavy atom. The summed E-state index contributed by atoms with van der Waals surface area (Å²) in [6, 6.07) is 9.51. The van der Waals surface area contributed by atoms with E-state index < -0.39 is 33.6 Å². The fraction of sp³-hybridized carbons (Fsp3) is 0.348. The smallest absolute Gasteiger partial charge is 0.393 e. The van der Waals surface area contributed by atoms with Gasteiger partial charge in [-0.25, -0.2) is 8.42 Å². The summed E-state index contributed by atoms with van der Waals surface area (Å²) in [5.41, 5.74) is 0.300. The molecule has 0 saturated carbocycles. The largest absolute Gasteiger partial charge is 0.417 e. The van der Waals surface area contributed by atoms with Crippen molar-refractivity contribution < 1.29 is 31.5 Å². The summed E-state index contributed by atoms with van der Waals surface area (Å²) >= 11 is 0. The second-order valence-corrected chi connectivity index (χ2v) is 9.97. The van der Waals surface area contributed by atoms with E-state index in [0.717, 1.165) is 6.07 Å². The lowest BCUT2D eigenvalue weighted by atomic mass is 9.89. The Bertz CT molecular complexity index is 1120. The number of halogens is 3. The fourth-order valence-corrected chi connectivity index (χ4v) is 4.46. The summed E-state index contributed by atoms with van der Waals surface area (Å²) in [5, 5.41) is 12.1. The van der Waals surface area contributed by atoms with Gasteiger partial charge in [-0.1, -0.05) is 31.2 Å². The number of sulfone groups is 1. The molecule has 2 aromatic rings. The molecule has 0 heterocycles. The van der Waals surface area contributed by atoms with E-state index in [1.807, 2.05) is 0 Å². The number of benzene rings is 2. The number of aliphatic hydroxyl groups excluding tert-OH is 1. The first-order valence-corrected chi connectivity index (χ1v) is 11.8. The van der Waals surface area contributed by atoms with Crippen molar-refractivity contribution in [2.45, 2.75) is 49.8 Å². The Morgan fingerprint density at radius 2 is 1.84 bits per heavy atom. The van der Waals surface area contributed by atoms with E-state index in [0.29, 0.717) is 30.4 Å². The van der Waals surface area contributed by atoms with Crippen molar-refractivity contribution in [3.8, 4) is 0 Å². The van der Waals surface area contributed by atoms with E-state index in [4.69, 9.17) is 0 Å². The van der Waals surface area contributed by atoms with Gasteiger partial charge in [-0.15, -0.1) is 0 Å². The topological polar surface area (TPSA) is 83.5 Å². The molecule has 0 aliphatic heterocycles. The van der Waals surface area contributed by atoms with Crippen LogP contribution < -0.4 is 5.32 Å². The molecule has 1 aliphatic rings. The van der Waals surface area contributed by atoms with E-state index >= 15 is 0 Å². The molecule has 5 nitrogen and oxygen atoms in total. The first-order chi connectivity index (χ1) is 15.0. The van der Waals surface area contributed by atoms with Gasteiger partial charge in [0.15, 0.2) is 9.84 Å². The summed E-state index contributed by atoms with van der Waals surface area (Å²) in [6.07, 6.45) is -2.57. The molecule has 0 bridgehead atoms. The lowest BCUT2D eigenvalue weighted by Crippen LogP contribution is -2.17. The number of allylic oxidation sites excluding steroid dienone is 1. The van der Waals surface area contributed by atoms with Gasteiger partial charge in [0.1, 0.15) is 0 Å². The number of carbonyl (C=O) groups excluding carboxylic acids is 1. The highest BCUT2D eigenvalue weighted by atomic mass is 32.2. The number of carbonyl (C=O) groups is 1. The highest BCUT2D eigenvalue weighted by molar-refractivity contribution is 7.91. The van der Waals surface area contributed by atoms with E-state index in [9.17, 15) is 31.5 Å². The lowest BCUT2D eigenvalue weighted by Gasteiger charge is -2.21. The van der Waals surface area contributed by atoms with Gasteiger partial charge in [0.2, 0.25) is 5.91 Å². The van der Waals surface area contributed by atoms with Crippen LogP contribution in [0.3, 0.4) is 0 Å². The first-order valence-electron chi connectivity index (χ1n) is 10.2. The number of rotatable bonds is 6. The quantitative estimate of drug-likeness (QED) is 0.650. The van der Waals surface area contributed by atoms with Crippen molar-refractivity contribution in [3.05, 3.63) is 65.2 Å². The van der Waals surface area contributed by atoms with Gasteiger partial charge in [-0.05, 0) is 60.2 Å². The third kappa shape index (κ3) is 5.77. The molecular weight excluding hydrogens is 443 g/mol. The minimum atomic E-state index is -4.60. The minimum Gasteiger partial charge on any atom is -0.393 e. The first kappa shape index (κ1) is 24.0. The molecule has 1 unspecified atom stereocenters. The average Bonchev–Trinajstić information content (AvgIpc) is 2.74. The number of alkyl halides is 3. The van der Waals surface area contributed by atoms with Crippen molar-refractivity contribution in [3.63, 3.8) is 0 Å². The zero-order valence-electron chi connectivity index (χ0n) is 17.4. The number of nitrogens with one attached hydrogen (secondary N) is 1. The maximum atomic E-state index is 13.7. The summed E-state index contributed by atoms with van der Waals surface area (Å²) in [4.78, 5) is 12.5. The molecule has 0 radical (unpaired) electrons. The van der Waals surface area contributed by atoms with Gasteiger partial charge in [-0.3, -0.25) is 4.79 Å². The predicted octanol–water partition coefficient (Wildman–Crippen LogP) is 4.61. The monoisotopic (exact) mass is 467 g/mol. The Morgan fingerprint density at radius 3 is 2.41 bits per heavy atom. The summed E-state index contributed by atoms with van der Waals surface area (Å²) < 4.78 is 64.7. The SMILES string of the molecule is CCS(=O)(=O)c1ccc(CC(=O)Nc2ccc(C3=CCC(O)CC3)c(C(F)(F)F)c2)cc1. The van der Waals surface area contributed by atoms with Gasteiger partial charge in [0.25, 0.3) is 0 Å². The second-order valence-electron chi connectivity index (χ2n) is 7.69. The van der Waals surface area contributed by atoms with Crippen LogP contribution in [0, 0.1) is 0 Å². The highest BCUT2D eigenvalue weighted by Gasteiger charge is 2.35. The molecule has 1 amide bonds. The van der Waals surface area contributed by atoms with Crippen LogP contribution in [0.4, 0.5) is 18.9 Å². The van der Waals surface area contributed by atoms with Crippen LogP contribution in [-0.2, 0) is 27.2 Å². The van der Waals surface area contributed by atoms with Crippen molar-refractivity contribution in [2.75, 3.05) is 11.1 Å². The van der Waals surface area contributed by atoms with Crippen LogP contribution in [-0.4, -0.2) is 31.3 Å². The maximum absolute atomic E-state index is 13.7. The molecule has 172 valence electrons. The van der Waals surface area contributed by atoms with Crippen LogP contribution >= 0.6 is 0 Å². The second kappa shape index (κ2) is 9.46. The van der Waals surface area contributed by atoms with E-state index in [1.165, 1.54) is 43.3 Å². The van der Waals surface area contributed by atoms with Gasteiger partial charge < -0.3 is 10.4 Å². The van der Waals surface area contributed by atoms with Crippen molar-refractivity contribution in [1.82, 2.24) is 0 Å². The van der Waals surface area contributed by atoms with Crippen LogP contribution in [0.2, 0.25) is 0 Å². The van der Waals surface area contributed by atoms with E-state index in [-0.39, 0.29) is 28.3 Å². The Balaban J connectivity index is 1.76.